The highest BCUT2D eigenvalue weighted by Gasteiger charge is 2.25. The zero-order valence-corrected chi connectivity index (χ0v) is 14.5. The molecule has 4 rings (SSSR count). The Morgan fingerprint density at radius 2 is 2.04 bits per heavy atom. The van der Waals surface area contributed by atoms with Crippen molar-refractivity contribution in [1.82, 2.24) is 9.88 Å². The van der Waals surface area contributed by atoms with Gasteiger partial charge in [-0.25, -0.2) is 0 Å². The number of amides is 1. The number of rotatable bonds is 3. The predicted octanol–water partition coefficient (Wildman–Crippen LogP) is 3.50. The van der Waals surface area contributed by atoms with Gasteiger partial charge in [0.05, 0.1) is 0 Å². The van der Waals surface area contributed by atoms with Gasteiger partial charge in [-0.1, -0.05) is 0 Å². The third kappa shape index (κ3) is 3.03. The molecule has 1 amide bonds. The third-order valence-corrected chi connectivity index (χ3v) is 4.95. The van der Waals surface area contributed by atoms with Crippen molar-refractivity contribution >= 4 is 22.6 Å². The number of aryl methyl sites for hydroxylation is 1. The van der Waals surface area contributed by atoms with Gasteiger partial charge in [0.2, 0.25) is 0 Å². The van der Waals surface area contributed by atoms with Crippen LogP contribution in [-0.2, 0) is 12.8 Å². The summed E-state index contributed by atoms with van der Waals surface area (Å²) in [5, 5.41) is 4.07. The van der Waals surface area contributed by atoms with Gasteiger partial charge in [0, 0.05) is 47.1 Å². The second-order valence-corrected chi connectivity index (χ2v) is 6.76. The summed E-state index contributed by atoms with van der Waals surface area (Å²) in [7, 11) is 4.25. The Balaban J connectivity index is 1.64. The lowest BCUT2D eigenvalue weighted by molar-refractivity contribution is 0.102. The van der Waals surface area contributed by atoms with Crippen molar-refractivity contribution in [3.63, 3.8) is 0 Å². The summed E-state index contributed by atoms with van der Waals surface area (Å²) in [6.45, 7) is 0. The van der Waals surface area contributed by atoms with Gasteiger partial charge in [-0.3, -0.25) is 9.78 Å². The predicted molar refractivity (Wildman–Crippen MR) is 97.9 cm³/mol. The smallest absolute Gasteiger partial charge is 0.255 e. The molecular formula is C20H21N3O2. The van der Waals surface area contributed by atoms with E-state index in [1.807, 2.05) is 18.2 Å². The Labute approximate surface area is 146 Å². The zero-order valence-electron chi connectivity index (χ0n) is 14.5. The Hall–Kier alpha value is -2.66. The molecule has 0 bridgehead atoms. The molecule has 1 aliphatic carbocycles. The molecule has 1 atom stereocenters. The number of hydrogen-bond acceptors (Lipinski definition) is 4. The number of fused-ring (bicyclic) bond motifs is 3. The van der Waals surface area contributed by atoms with Crippen LogP contribution in [0.5, 0.6) is 0 Å². The van der Waals surface area contributed by atoms with Crippen molar-refractivity contribution in [1.29, 1.82) is 0 Å². The van der Waals surface area contributed by atoms with Gasteiger partial charge < -0.3 is 14.6 Å². The number of anilines is 1. The second kappa shape index (κ2) is 6.33. The molecule has 5 nitrogen and oxygen atoms in total. The highest BCUT2D eigenvalue weighted by atomic mass is 16.3. The molecule has 1 N–H and O–H groups in total. The van der Waals surface area contributed by atoms with Crippen LogP contribution in [0.2, 0.25) is 0 Å². The van der Waals surface area contributed by atoms with Crippen LogP contribution < -0.4 is 5.32 Å². The maximum absolute atomic E-state index is 12.3. The zero-order chi connectivity index (χ0) is 17.4. The molecule has 0 saturated heterocycles. The molecule has 3 aromatic rings. The van der Waals surface area contributed by atoms with Gasteiger partial charge in [-0.15, -0.1) is 0 Å². The second-order valence-electron chi connectivity index (χ2n) is 6.76. The normalized spacial score (nSPS) is 16.8. The summed E-state index contributed by atoms with van der Waals surface area (Å²) in [6, 6.07) is 9.79. The van der Waals surface area contributed by atoms with E-state index in [4.69, 9.17) is 4.42 Å². The van der Waals surface area contributed by atoms with E-state index in [0.29, 0.717) is 11.6 Å². The Morgan fingerprint density at radius 1 is 1.24 bits per heavy atom. The molecule has 1 aliphatic rings. The average molecular weight is 335 g/mol. The first kappa shape index (κ1) is 15.8. The van der Waals surface area contributed by atoms with E-state index in [-0.39, 0.29) is 5.91 Å². The van der Waals surface area contributed by atoms with Gasteiger partial charge in [0.15, 0.2) is 0 Å². The Kier molecular flexibility index (Phi) is 4.01. The summed E-state index contributed by atoms with van der Waals surface area (Å²) >= 11 is 0. The van der Waals surface area contributed by atoms with Gasteiger partial charge in [0.25, 0.3) is 5.91 Å². The molecule has 2 aromatic heterocycles. The Morgan fingerprint density at radius 3 is 2.80 bits per heavy atom. The number of nitrogens with zero attached hydrogens (tertiary/aromatic N) is 2. The molecule has 1 unspecified atom stereocenters. The van der Waals surface area contributed by atoms with E-state index >= 15 is 0 Å². The number of benzene rings is 1. The summed E-state index contributed by atoms with van der Waals surface area (Å²) in [6.07, 6.45) is 6.30. The van der Waals surface area contributed by atoms with Crippen LogP contribution in [0.15, 0.2) is 47.1 Å². The van der Waals surface area contributed by atoms with Crippen LogP contribution in [0, 0.1) is 0 Å². The minimum absolute atomic E-state index is 0.134. The number of furan rings is 1. The number of pyridine rings is 1. The molecule has 0 fully saturated rings. The lowest BCUT2D eigenvalue weighted by atomic mass is 9.91. The lowest BCUT2D eigenvalue weighted by Gasteiger charge is -2.27. The highest BCUT2D eigenvalue weighted by Crippen LogP contribution is 2.34. The van der Waals surface area contributed by atoms with E-state index in [1.54, 1.807) is 24.5 Å². The van der Waals surface area contributed by atoms with Crippen molar-refractivity contribution < 1.29 is 9.21 Å². The fourth-order valence-corrected chi connectivity index (χ4v) is 3.49. The van der Waals surface area contributed by atoms with E-state index in [0.717, 1.165) is 41.7 Å². The molecule has 2 heterocycles. The maximum atomic E-state index is 12.3. The van der Waals surface area contributed by atoms with Crippen LogP contribution in [0.1, 0.15) is 28.1 Å². The highest BCUT2D eigenvalue weighted by molar-refractivity contribution is 6.05. The molecule has 0 spiro atoms. The van der Waals surface area contributed by atoms with E-state index in [9.17, 15) is 4.79 Å². The summed E-state index contributed by atoms with van der Waals surface area (Å²) in [4.78, 5) is 18.6. The molecule has 0 saturated carbocycles. The van der Waals surface area contributed by atoms with Crippen molar-refractivity contribution in [2.75, 3.05) is 19.4 Å². The molecule has 1 aromatic carbocycles. The summed E-state index contributed by atoms with van der Waals surface area (Å²) in [5.41, 5.74) is 3.55. The molecule has 5 heteroatoms. The minimum atomic E-state index is -0.134. The first-order chi connectivity index (χ1) is 12.1. The molecule has 0 radical (unpaired) electrons. The van der Waals surface area contributed by atoms with Gasteiger partial charge in [0.1, 0.15) is 11.3 Å². The number of carbonyl (C=O) groups excluding carboxylic acids is 1. The molecular weight excluding hydrogens is 314 g/mol. The topological polar surface area (TPSA) is 58.4 Å². The fourth-order valence-electron chi connectivity index (χ4n) is 3.49. The summed E-state index contributed by atoms with van der Waals surface area (Å²) in [5.74, 6) is 0.955. The van der Waals surface area contributed by atoms with E-state index < -0.39 is 0 Å². The van der Waals surface area contributed by atoms with Crippen LogP contribution >= 0.6 is 0 Å². The molecule has 25 heavy (non-hydrogen) atoms. The third-order valence-electron chi connectivity index (χ3n) is 4.95. The van der Waals surface area contributed by atoms with Gasteiger partial charge >= 0.3 is 0 Å². The number of carbonyl (C=O) groups is 1. The maximum Gasteiger partial charge on any atom is 0.255 e. The SMILES string of the molecule is CN(C)C1CCc2oc3ccc(NC(=O)c4ccncc4)cc3c2C1. The van der Waals surface area contributed by atoms with Crippen molar-refractivity contribution in [2.45, 2.75) is 25.3 Å². The van der Waals surface area contributed by atoms with Crippen molar-refractivity contribution in [2.24, 2.45) is 0 Å². The monoisotopic (exact) mass is 335 g/mol. The van der Waals surface area contributed by atoms with Gasteiger partial charge in [-0.05, 0) is 57.3 Å². The van der Waals surface area contributed by atoms with E-state index in [2.05, 4.69) is 29.3 Å². The minimum Gasteiger partial charge on any atom is -0.461 e. The molecule has 128 valence electrons. The lowest BCUT2D eigenvalue weighted by Crippen LogP contribution is -2.33. The number of hydrogen-bond donors (Lipinski definition) is 1. The molecule has 0 aliphatic heterocycles. The van der Waals surface area contributed by atoms with Gasteiger partial charge in [-0.2, -0.15) is 0 Å². The first-order valence-electron chi connectivity index (χ1n) is 8.54. The summed E-state index contributed by atoms with van der Waals surface area (Å²) < 4.78 is 6.02. The van der Waals surface area contributed by atoms with Crippen molar-refractivity contribution in [3.8, 4) is 0 Å². The fraction of sp³-hybridized carbons (Fsp3) is 0.300. The van der Waals surface area contributed by atoms with Crippen molar-refractivity contribution in [3.05, 3.63) is 59.6 Å². The first-order valence-corrected chi connectivity index (χ1v) is 8.54. The average Bonchev–Trinajstić information content (AvgIpc) is 2.99. The van der Waals surface area contributed by atoms with Crippen LogP contribution in [-0.4, -0.2) is 35.9 Å². The largest absolute Gasteiger partial charge is 0.461 e. The quantitative estimate of drug-likeness (QED) is 0.796. The standard InChI is InChI=1S/C20H21N3O2/c1-23(2)15-4-6-19-17(12-15)16-11-14(3-5-18(16)25-19)22-20(24)13-7-9-21-10-8-13/h3,5,7-11,15H,4,6,12H2,1-2H3,(H,22,24). The Bertz CT molecular complexity index is 915. The van der Waals surface area contributed by atoms with Crippen LogP contribution in [0.4, 0.5) is 5.69 Å². The van der Waals surface area contributed by atoms with Crippen LogP contribution in [0.25, 0.3) is 11.0 Å². The van der Waals surface area contributed by atoms with E-state index in [1.165, 1.54) is 5.56 Å². The number of likely N-dealkylation sites (N-methyl/N-ethyl adjacent to an activating group) is 1. The van der Waals surface area contributed by atoms with Crippen LogP contribution in [0.3, 0.4) is 0 Å². The number of aromatic nitrogens is 1. The number of nitrogens with one attached hydrogen (secondary N) is 1.